The smallest absolute Gasteiger partial charge is 0.314 e. The van der Waals surface area contributed by atoms with Crippen molar-refractivity contribution < 1.29 is 4.79 Å². The Morgan fingerprint density at radius 2 is 2.09 bits per heavy atom. The molecule has 4 heteroatoms. The summed E-state index contributed by atoms with van der Waals surface area (Å²) in [5, 5.41) is 8.49. The number of rotatable bonds is 0. The summed E-state index contributed by atoms with van der Waals surface area (Å²) in [5.41, 5.74) is 5.05. The van der Waals surface area contributed by atoms with Crippen LogP contribution in [-0.2, 0) is 0 Å². The molecule has 1 radical (unpaired) electrons. The van der Waals surface area contributed by atoms with E-state index in [0.717, 1.165) is 5.92 Å². The zero-order valence-corrected chi connectivity index (χ0v) is 6.21. The van der Waals surface area contributed by atoms with Crippen molar-refractivity contribution in [2.75, 3.05) is 13.1 Å². The van der Waals surface area contributed by atoms with Crippen LogP contribution in [0.5, 0.6) is 0 Å². The molecule has 1 saturated heterocycles. The molecule has 0 aromatic heterocycles. The number of carbonyl (C=O) groups is 1. The van der Waals surface area contributed by atoms with Crippen LogP contribution in [-0.4, -0.2) is 24.0 Å². The summed E-state index contributed by atoms with van der Waals surface area (Å²) in [7, 11) is 0. The average molecular weight is 152 g/mol. The van der Waals surface area contributed by atoms with E-state index in [4.69, 9.17) is 11.0 Å². The number of amides is 2. The van der Waals surface area contributed by atoms with Gasteiger partial charge in [-0.05, 0) is 12.8 Å². The molecule has 1 fully saturated rings. The Morgan fingerprint density at radius 3 is 2.45 bits per heavy atom. The Bertz CT molecular complexity index is 188. The number of likely N-dealkylation sites (tertiary alicyclic amines) is 1. The van der Waals surface area contributed by atoms with Crippen LogP contribution in [0.1, 0.15) is 12.8 Å². The maximum Gasteiger partial charge on any atom is 0.314 e. The standard InChI is InChI=1S/C7H10N3O/c8-5-6-1-3-10(4-2-6)7(9)11/h1-4H2,(H2,9,11). The quantitative estimate of drug-likeness (QED) is 0.540. The number of nitrogens with zero attached hydrogens (tertiary/aromatic N) is 2. The number of nitrogens with two attached hydrogens (primary N) is 1. The van der Waals surface area contributed by atoms with E-state index in [2.05, 4.69) is 6.07 Å². The van der Waals surface area contributed by atoms with Crippen LogP contribution in [0.3, 0.4) is 0 Å². The first-order valence-corrected chi connectivity index (χ1v) is 3.53. The van der Waals surface area contributed by atoms with Gasteiger partial charge in [0.2, 0.25) is 0 Å². The Labute approximate surface area is 65.6 Å². The lowest BCUT2D eigenvalue weighted by molar-refractivity contribution is 0.201. The minimum absolute atomic E-state index is 0.387. The van der Waals surface area contributed by atoms with Crippen molar-refractivity contribution in [1.82, 2.24) is 4.90 Å². The molecule has 0 spiro atoms. The van der Waals surface area contributed by atoms with Crippen LogP contribution < -0.4 is 5.73 Å². The van der Waals surface area contributed by atoms with E-state index in [-0.39, 0.29) is 6.03 Å². The normalized spacial score (nSPS) is 19.4. The molecule has 0 unspecified atom stereocenters. The molecule has 0 aromatic rings. The number of carbonyl (C=O) groups excluding carboxylic acids is 1. The van der Waals surface area contributed by atoms with Crippen LogP contribution in [0.2, 0.25) is 0 Å². The predicted molar refractivity (Wildman–Crippen MR) is 39.2 cm³/mol. The highest BCUT2D eigenvalue weighted by Crippen LogP contribution is 2.17. The van der Waals surface area contributed by atoms with Gasteiger partial charge in [-0.3, -0.25) is 0 Å². The molecule has 0 bridgehead atoms. The van der Waals surface area contributed by atoms with Crippen molar-refractivity contribution >= 4 is 6.03 Å². The summed E-state index contributed by atoms with van der Waals surface area (Å²) in [6.07, 6.45) is 1.36. The number of hydrogen-bond acceptors (Lipinski definition) is 2. The van der Waals surface area contributed by atoms with Gasteiger partial charge in [0, 0.05) is 13.1 Å². The molecule has 4 nitrogen and oxygen atoms in total. The molecule has 0 saturated carbocycles. The van der Waals surface area contributed by atoms with E-state index < -0.39 is 0 Å². The maximum atomic E-state index is 10.6. The number of urea groups is 1. The second-order valence-corrected chi connectivity index (χ2v) is 2.54. The predicted octanol–water partition coefficient (Wildman–Crippen LogP) is 0.259. The second kappa shape index (κ2) is 3.24. The first-order valence-electron chi connectivity index (χ1n) is 3.53. The topological polar surface area (TPSA) is 70.1 Å². The Balaban J connectivity index is 2.37. The Hall–Kier alpha value is -1.24. The van der Waals surface area contributed by atoms with Crippen molar-refractivity contribution in [2.24, 2.45) is 5.73 Å². The number of hydrogen-bond donors (Lipinski definition) is 1. The van der Waals surface area contributed by atoms with Gasteiger partial charge in [-0.1, -0.05) is 0 Å². The molecule has 0 atom stereocenters. The van der Waals surface area contributed by atoms with Crippen LogP contribution in [0.15, 0.2) is 0 Å². The highest BCUT2D eigenvalue weighted by atomic mass is 16.2. The molecule has 1 rings (SSSR count). The molecule has 1 heterocycles. The number of primary amides is 1. The zero-order valence-electron chi connectivity index (χ0n) is 6.21. The third-order valence-electron chi connectivity index (χ3n) is 1.84. The third kappa shape index (κ3) is 1.84. The van der Waals surface area contributed by atoms with Gasteiger partial charge in [0.1, 0.15) is 0 Å². The van der Waals surface area contributed by atoms with Gasteiger partial charge in [0.15, 0.2) is 0 Å². The SMILES string of the molecule is N#C[C]1CCN(C(N)=O)CC1. The first kappa shape index (κ1) is 7.86. The number of nitriles is 1. The van der Waals surface area contributed by atoms with E-state index in [1.54, 1.807) is 4.90 Å². The molecular weight excluding hydrogens is 142 g/mol. The van der Waals surface area contributed by atoms with E-state index in [1.165, 1.54) is 0 Å². The summed E-state index contributed by atoms with van der Waals surface area (Å²) in [6, 6.07) is 1.71. The molecule has 2 amide bonds. The van der Waals surface area contributed by atoms with Crippen LogP contribution in [0, 0.1) is 17.2 Å². The van der Waals surface area contributed by atoms with E-state index in [1.807, 2.05) is 0 Å². The van der Waals surface area contributed by atoms with Gasteiger partial charge in [-0.2, -0.15) is 5.26 Å². The summed E-state index contributed by atoms with van der Waals surface area (Å²) in [5.74, 6) is 0.863. The molecule has 59 valence electrons. The second-order valence-electron chi connectivity index (χ2n) is 2.54. The van der Waals surface area contributed by atoms with Crippen molar-refractivity contribution in [3.8, 4) is 6.07 Å². The van der Waals surface area contributed by atoms with Crippen LogP contribution >= 0.6 is 0 Å². The molecule has 0 aromatic carbocycles. The largest absolute Gasteiger partial charge is 0.351 e. The van der Waals surface area contributed by atoms with E-state index in [0.29, 0.717) is 25.9 Å². The molecule has 0 aliphatic carbocycles. The fraction of sp³-hybridized carbons (Fsp3) is 0.571. The van der Waals surface area contributed by atoms with Crippen molar-refractivity contribution in [3.63, 3.8) is 0 Å². The van der Waals surface area contributed by atoms with Crippen molar-refractivity contribution in [1.29, 1.82) is 5.26 Å². The maximum absolute atomic E-state index is 10.6. The minimum atomic E-state index is -0.387. The van der Waals surface area contributed by atoms with E-state index in [9.17, 15) is 4.79 Å². The zero-order chi connectivity index (χ0) is 8.27. The van der Waals surface area contributed by atoms with E-state index >= 15 is 0 Å². The molecule has 1 aliphatic heterocycles. The molecule has 1 aliphatic rings. The fourth-order valence-electron chi connectivity index (χ4n) is 1.11. The minimum Gasteiger partial charge on any atom is -0.351 e. The van der Waals surface area contributed by atoms with Crippen molar-refractivity contribution in [3.05, 3.63) is 5.92 Å². The van der Waals surface area contributed by atoms with Crippen molar-refractivity contribution in [2.45, 2.75) is 12.8 Å². The molecule has 2 N–H and O–H groups in total. The first-order chi connectivity index (χ1) is 5.24. The Morgan fingerprint density at radius 1 is 1.55 bits per heavy atom. The fourth-order valence-corrected chi connectivity index (χ4v) is 1.11. The van der Waals surface area contributed by atoms with Crippen LogP contribution in [0.4, 0.5) is 4.79 Å². The van der Waals surface area contributed by atoms with Gasteiger partial charge in [0.25, 0.3) is 0 Å². The monoisotopic (exact) mass is 152 g/mol. The highest BCUT2D eigenvalue weighted by molar-refractivity contribution is 5.72. The van der Waals surface area contributed by atoms with Gasteiger partial charge < -0.3 is 10.6 Å². The lowest BCUT2D eigenvalue weighted by atomic mass is 9.99. The lowest BCUT2D eigenvalue weighted by Crippen LogP contribution is -2.40. The lowest BCUT2D eigenvalue weighted by Gasteiger charge is -2.26. The number of piperidine rings is 1. The van der Waals surface area contributed by atoms with Crippen LogP contribution in [0.25, 0.3) is 0 Å². The summed E-state index contributed by atoms with van der Waals surface area (Å²) in [4.78, 5) is 12.2. The molecule has 11 heavy (non-hydrogen) atoms. The average Bonchev–Trinajstić information content (AvgIpc) is 2.05. The highest BCUT2D eigenvalue weighted by Gasteiger charge is 2.20. The Kier molecular flexibility index (Phi) is 2.32. The summed E-state index contributed by atoms with van der Waals surface area (Å²) < 4.78 is 0. The van der Waals surface area contributed by atoms with Gasteiger partial charge >= 0.3 is 6.03 Å². The third-order valence-corrected chi connectivity index (χ3v) is 1.84. The van der Waals surface area contributed by atoms with Gasteiger partial charge in [-0.25, -0.2) is 4.79 Å². The van der Waals surface area contributed by atoms with Gasteiger partial charge in [-0.15, -0.1) is 0 Å². The summed E-state index contributed by atoms with van der Waals surface area (Å²) in [6.45, 7) is 1.19. The molecular formula is C7H10N3O. The summed E-state index contributed by atoms with van der Waals surface area (Å²) >= 11 is 0. The van der Waals surface area contributed by atoms with Gasteiger partial charge in [0.05, 0.1) is 12.0 Å².